The van der Waals surface area contributed by atoms with Crippen molar-refractivity contribution in [2.75, 3.05) is 24.7 Å². The molecule has 3 aromatic carbocycles. The predicted molar refractivity (Wildman–Crippen MR) is 209 cm³/mol. The Morgan fingerprint density at radius 3 is 2.39 bits per heavy atom. The van der Waals surface area contributed by atoms with E-state index in [1.165, 1.54) is 17.4 Å². The minimum atomic E-state index is -5.72. The number of halogens is 2. The van der Waals surface area contributed by atoms with Crippen molar-refractivity contribution >= 4 is 71.8 Å². The van der Waals surface area contributed by atoms with Crippen molar-refractivity contribution in [2.24, 2.45) is 5.84 Å². The lowest BCUT2D eigenvalue weighted by molar-refractivity contribution is -0.118. The van der Waals surface area contributed by atoms with Crippen LogP contribution >= 0.6 is 34.4 Å². The van der Waals surface area contributed by atoms with Crippen LogP contribution in [0.2, 0.25) is 0 Å². The Morgan fingerprint density at radius 2 is 1.73 bits per heavy atom. The maximum Gasteiger partial charge on any atom is 0.304 e. The average Bonchev–Trinajstić information content (AvgIpc) is 3.81. The van der Waals surface area contributed by atoms with Gasteiger partial charge >= 0.3 is 10.1 Å². The number of benzene rings is 3. The van der Waals surface area contributed by atoms with Crippen molar-refractivity contribution in [1.82, 2.24) is 10.0 Å². The number of nitrogens with one attached hydrogen (secondary N) is 1. The number of carbonyl (C=O) groups is 1. The second kappa shape index (κ2) is 12.6. The number of hydrazine groups is 1. The molecule has 0 atom stereocenters. The number of thiophene rings is 2. The highest BCUT2D eigenvalue weighted by molar-refractivity contribution is 8.00. The Balaban J connectivity index is 1.56. The molecule has 4 N–H and O–H groups in total. The highest BCUT2D eigenvalue weighted by atomic mass is 32.3. The number of thioether (sulfide) groups is 1. The molecule has 0 aliphatic carbocycles. The molecule has 2 aromatic heterocycles. The van der Waals surface area contributed by atoms with Gasteiger partial charge in [-0.2, -0.15) is 8.42 Å². The molecule has 8 rings (SSSR count). The summed E-state index contributed by atoms with van der Waals surface area (Å²) in [7, 11) is -6.66. The van der Waals surface area contributed by atoms with E-state index in [0.29, 0.717) is 44.8 Å². The summed E-state index contributed by atoms with van der Waals surface area (Å²) in [5.74, 6) is 1.47. The van der Waals surface area contributed by atoms with Gasteiger partial charge in [-0.1, -0.05) is 0 Å². The number of fused-ring (bicyclic) bond motifs is 8. The third kappa shape index (κ3) is 5.65. The fourth-order valence-corrected chi connectivity index (χ4v) is 12.2. The number of carbonyl (C=O) groups excluding carboxylic acids is 1. The third-order valence-electron chi connectivity index (χ3n) is 10.9. The van der Waals surface area contributed by atoms with Crippen molar-refractivity contribution in [3.8, 4) is 32.4 Å². The molecule has 0 saturated carbocycles. The maximum atomic E-state index is 17.2. The molecule has 5 heterocycles. The van der Waals surface area contributed by atoms with Gasteiger partial charge in [0.25, 0.3) is 0 Å². The zero-order valence-electron chi connectivity index (χ0n) is 30.4. The second-order valence-electron chi connectivity index (χ2n) is 14.6. The number of hydrogen-bond donors (Lipinski definition) is 3. The van der Waals surface area contributed by atoms with E-state index in [1.807, 2.05) is 42.3 Å². The fourth-order valence-electron chi connectivity index (χ4n) is 7.61. The SMILES string of the molecule is CN1c2cc3c(cc2-c2sccc2C1(C)C)C(c1c(F)c(SCC(=O)NN)cc(F)c1S(=O)(=O)[O-])=c1cc2c(cc1O3)=[N+](C)C(C)(C)c1cc(S(=O)(=O)O)sc1-2. The summed E-state index contributed by atoms with van der Waals surface area (Å²) >= 11 is 2.83. The molecule has 12 nitrogen and oxygen atoms in total. The summed E-state index contributed by atoms with van der Waals surface area (Å²) < 4.78 is 115. The highest BCUT2D eigenvalue weighted by Gasteiger charge is 2.43. The van der Waals surface area contributed by atoms with Crippen LogP contribution in [0, 0.1) is 11.6 Å². The Morgan fingerprint density at radius 1 is 1.02 bits per heavy atom. The van der Waals surface area contributed by atoms with Crippen molar-refractivity contribution in [3.05, 3.63) is 92.3 Å². The first-order valence-electron chi connectivity index (χ1n) is 16.8. The molecule has 0 radical (unpaired) electrons. The van der Waals surface area contributed by atoms with Gasteiger partial charge in [-0.15, -0.1) is 34.4 Å². The van der Waals surface area contributed by atoms with E-state index in [1.54, 1.807) is 31.3 Å². The molecule has 0 spiro atoms. The summed E-state index contributed by atoms with van der Waals surface area (Å²) in [5.41, 5.74) is 3.10. The molecule has 56 heavy (non-hydrogen) atoms. The lowest BCUT2D eigenvalue weighted by Gasteiger charge is -2.43. The first-order valence-corrected chi connectivity index (χ1v) is 22.3. The quantitative estimate of drug-likeness (QED) is 0.0509. The molecule has 292 valence electrons. The predicted octanol–water partition coefficient (Wildman–Crippen LogP) is 5.06. The standard InChI is InChI=1S/C37H32F2N4O8S5/c1-36(2)20-7-8-52-33(20)16-9-18-25(13-23(16)42(36)5)51-26-14-24-17(34-21(37(3,4)43(24)6)11-29(54-34)55(45,46)47)10-19(26)30(18)31-32(39)27(53-15-28(44)41-40)12-22(38)35(31)56(48,49)50/h7-14H,15,40H2,1-6H3,(H2-,41,44,45,46,47,48,49,50). The molecule has 3 aliphatic heterocycles. The van der Waals surface area contributed by atoms with E-state index >= 15 is 8.78 Å². The van der Waals surface area contributed by atoms with Crippen molar-refractivity contribution in [1.29, 1.82) is 0 Å². The van der Waals surface area contributed by atoms with Crippen LogP contribution in [0.1, 0.15) is 49.9 Å². The smallest absolute Gasteiger partial charge is 0.304 e. The first-order chi connectivity index (χ1) is 26.1. The maximum absolute atomic E-state index is 17.2. The number of ether oxygens (including phenoxy) is 1. The summed E-state index contributed by atoms with van der Waals surface area (Å²) in [5, 5.41) is 2.55. The largest absolute Gasteiger partial charge is 0.744 e. The van der Waals surface area contributed by atoms with Crippen LogP contribution in [0.5, 0.6) is 11.5 Å². The van der Waals surface area contributed by atoms with Gasteiger partial charge in [0, 0.05) is 75.5 Å². The van der Waals surface area contributed by atoms with E-state index in [4.69, 9.17) is 10.6 Å². The zero-order chi connectivity index (χ0) is 40.6. The summed E-state index contributed by atoms with van der Waals surface area (Å²) in [6.45, 7) is 7.84. The van der Waals surface area contributed by atoms with Gasteiger partial charge in [0.15, 0.2) is 5.54 Å². The van der Waals surface area contributed by atoms with Crippen molar-refractivity contribution in [3.63, 3.8) is 0 Å². The molecule has 5 aromatic rings. The van der Waals surface area contributed by atoms with Gasteiger partial charge in [0.05, 0.1) is 27.8 Å². The lowest BCUT2D eigenvalue weighted by Crippen LogP contribution is -2.46. The number of anilines is 1. The Bertz CT molecular complexity index is 2980. The van der Waals surface area contributed by atoms with Crippen LogP contribution in [-0.4, -0.2) is 51.7 Å². The van der Waals surface area contributed by atoms with Crippen molar-refractivity contribution in [2.45, 2.75) is 52.8 Å². The zero-order valence-corrected chi connectivity index (χ0v) is 34.5. The highest BCUT2D eigenvalue weighted by Crippen LogP contribution is 2.54. The van der Waals surface area contributed by atoms with Crippen LogP contribution < -0.4 is 36.1 Å². The molecule has 0 unspecified atom stereocenters. The minimum Gasteiger partial charge on any atom is -0.744 e. The van der Waals surface area contributed by atoms with Crippen LogP contribution in [0.4, 0.5) is 14.5 Å². The van der Waals surface area contributed by atoms with Gasteiger partial charge in [-0.3, -0.25) is 14.8 Å². The van der Waals surface area contributed by atoms with Crippen molar-refractivity contribution < 1.29 is 44.3 Å². The minimum absolute atomic E-state index is 0.0676. The number of amides is 1. The fraction of sp³-hybridized carbons (Fsp3) is 0.243. The van der Waals surface area contributed by atoms with E-state index < -0.39 is 70.0 Å². The Hall–Kier alpha value is -4.21. The van der Waals surface area contributed by atoms with Crippen LogP contribution in [-0.2, 0) is 36.1 Å². The summed E-state index contributed by atoms with van der Waals surface area (Å²) in [6.07, 6.45) is 0. The third-order valence-corrected chi connectivity index (χ3v) is 16.3. The van der Waals surface area contributed by atoms with Gasteiger partial charge in [0.2, 0.25) is 11.3 Å². The van der Waals surface area contributed by atoms with Gasteiger partial charge in [-0.25, -0.2) is 27.6 Å². The average molecular weight is 859 g/mol. The summed E-state index contributed by atoms with van der Waals surface area (Å²) in [6, 6.07) is 10.6. The number of nitrogens with zero attached hydrogens (tertiary/aromatic N) is 2. The molecular weight excluding hydrogens is 827 g/mol. The molecule has 3 aliphatic rings. The number of nitrogens with two attached hydrogens (primary N) is 1. The molecular formula is C37H32F2N4O8S5. The van der Waals surface area contributed by atoms with Gasteiger partial charge in [0.1, 0.15) is 49.4 Å². The molecule has 19 heteroatoms. The molecule has 1 amide bonds. The van der Waals surface area contributed by atoms with Crippen LogP contribution in [0.25, 0.3) is 26.5 Å². The van der Waals surface area contributed by atoms with E-state index in [-0.39, 0.29) is 32.1 Å². The second-order valence-corrected chi connectivity index (χ2v) is 20.5. The summed E-state index contributed by atoms with van der Waals surface area (Å²) in [4.78, 5) is 13.6. The van der Waals surface area contributed by atoms with Gasteiger partial charge in [-0.05, 0) is 55.1 Å². The first kappa shape index (κ1) is 38.7. The lowest BCUT2D eigenvalue weighted by atomic mass is 9.83. The topological polar surface area (TPSA) is 182 Å². The Kier molecular flexibility index (Phi) is 8.73. The molecule has 0 saturated heterocycles. The monoisotopic (exact) mass is 858 g/mol. The number of hydrogen-bond acceptors (Lipinski definition) is 12. The Labute approximate surface area is 332 Å². The van der Waals surface area contributed by atoms with Gasteiger partial charge < -0.3 is 14.2 Å². The van der Waals surface area contributed by atoms with E-state index in [2.05, 4.69) is 18.7 Å². The van der Waals surface area contributed by atoms with Crippen LogP contribution in [0.15, 0.2) is 61.8 Å². The number of rotatable bonds is 6. The molecule has 0 bridgehead atoms. The molecule has 0 fully saturated rings. The van der Waals surface area contributed by atoms with E-state index in [9.17, 15) is 30.7 Å². The van der Waals surface area contributed by atoms with E-state index in [0.717, 1.165) is 27.5 Å². The normalized spacial score (nSPS) is 16.2. The van der Waals surface area contributed by atoms with Crippen LogP contribution in [0.3, 0.4) is 0 Å².